The van der Waals surface area contributed by atoms with Crippen LogP contribution in [-0.4, -0.2) is 15.8 Å². The van der Waals surface area contributed by atoms with Gasteiger partial charge in [0.25, 0.3) is 5.91 Å². The van der Waals surface area contributed by atoms with Crippen molar-refractivity contribution in [3.8, 4) is 0 Å². The van der Waals surface area contributed by atoms with Gasteiger partial charge < -0.3 is 5.32 Å². The fourth-order valence-corrected chi connectivity index (χ4v) is 1.78. The van der Waals surface area contributed by atoms with E-state index in [0.29, 0.717) is 0 Å². The van der Waals surface area contributed by atoms with Gasteiger partial charge in [0.05, 0.1) is 10.4 Å². The van der Waals surface area contributed by atoms with Gasteiger partial charge in [0.1, 0.15) is 5.69 Å². The van der Waals surface area contributed by atoms with E-state index in [0.717, 1.165) is 12.1 Å². The number of aromatic nitrogens is 1. The molecule has 0 bridgehead atoms. The number of amides is 1. The first-order chi connectivity index (χ1) is 8.58. The molecule has 92 valence electrons. The molecular weight excluding hydrogens is 261 g/mol. The Morgan fingerprint density at radius 1 is 1.50 bits per heavy atom. The maximum atomic E-state index is 13.3. The van der Waals surface area contributed by atoms with Crippen LogP contribution in [0.1, 0.15) is 10.5 Å². The molecule has 6 nitrogen and oxygen atoms in total. The fraction of sp³-hybridized carbons (Fsp3) is 0. The number of thiazole rings is 1. The number of hydrogen-bond acceptors (Lipinski definition) is 5. The summed E-state index contributed by atoms with van der Waals surface area (Å²) in [6.45, 7) is 0. The lowest BCUT2D eigenvalue weighted by Gasteiger charge is -2.03. The van der Waals surface area contributed by atoms with Gasteiger partial charge in [-0.15, -0.1) is 11.3 Å². The zero-order chi connectivity index (χ0) is 13.1. The molecule has 0 saturated heterocycles. The lowest BCUT2D eigenvalue weighted by Crippen LogP contribution is -2.12. The Balaban J connectivity index is 2.18. The van der Waals surface area contributed by atoms with Crippen molar-refractivity contribution < 1.29 is 14.1 Å². The van der Waals surface area contributed by atoms with Crippen LogP contribution in [0.25, 0.3) is 0 Å². The van der Waals surface area contributed by atoms with E-state index < -0.39 is 22.3 Å². The van der Waals surface area contributed by atoms with Crippen LogP contribution < -0.4 is 5.32 Å². The SMILES string of the molecule is O=C(Nc1ccc([N+](=O)[O-])c(F)c1)c1cscn1. The average molecular weight is 267 g/mol. The minimum atomic E-state index is -1.00. The van der Waals surface area contributed by atoms with E-state index in [9.17, 15) is 19.3 Å². The fourth-order valence-electron chi connectivity index (χ4n) is 1.25. The first kappa shape index (κ1) is 12.1. The molecule has 0 spiro atoms. The van der Waals surface area contributed by atoms with E-state index in [1.54, 1.807) is 0 Å². The molecule has 2 aromatic rings. The molecule has 2 rings (SSSR count). The maximum Gasteiger partial charge on any atom is 0.304 e. The Morgan fingerprint density at radius 3 is 2.83 bits per heavy atom. The molecule has 0 aliphatic rings. The number of benzene rings is 1. The van der Waals surface area contributed by atoms with E-state index >= 15 is 0 Å². The average Bonchev–Trinajstić information content (AvgIpc) is 2.81. The number of halogens is 1. The monoisotopic (exact) mass is 267 g/mol. The normalized spacial score (nSPS) is 10.1. The third-order valence-electron chi connectivity index (χ3n) is 2.07. The second kappa shape index (κ2) is 4.88. The van der Waals surface area contributed by atoms with Gasteiger partial charge >= 0.3 is 5.69 Å². The standard InChI is InChI=1S/C10H6FN3O3S/c11-7-3-6(1-2-9(7)14(16)17)13-10(15)8-4-18-5-12-8/h1-5H,(H,13,15). The molecule has 0 atom stereocenters. The number of nitrogens with one attached hydrogen (secondary N) is 1. The summed E-state index contributed by atoms with van der Waals surface area (Å²) in [5, 5.41) is 14.3. The summed E-state index contributed by atoms with van der Waals surface area (Å²) in [4.78, 5) is 24.9. The molecule has 1 aromatic heterocycles. The third-order valence-corrected chi connectivity index (χ3v) is 2.65. The molecule has 0 saturated carbocycles. The Hall–Kier alpha value is -2.35. The predicted molar refractivity (Wildman–Crippen MR) is 63.1 cm³/mol. The van der Waals surface area contributed by atoms with Gasteiger partial charge in [-0.2, -0.15) is 4.39 Å². The van der Waals surface area contributed by atoms with Crippen LogP contribution in [0.4, 0.5) is 15.8 Å². The lowest BCUT2D eigenvalue weighted by molar-refractivity contribution is -0.387. The Labute approximate surface area is 104 Å². The van der Waals surface area contributed by atoms with Crippen molar-refractivity contribution in [1.29, 1.82) is 0 Å². The Kier molecular flexibility index (Phi) is 3.28. The van der Waals surface area contributed by atoms with Crippen LogP contribution in [0.15, 0.2) is 29.1 Å². The summed E-state index contributed by atoms with van der Waals surface area (Å²) < 4.78 is 13.3. The summed E-state index contributed by atoms with van der Waals surface area (Å²) in [6.07, 6.45) is 0. The highest BCUT2D eigenvalue weighted by Crippen LogP contribution is 2.21. The number of carbonyl (C=O) groups is 1. The van der Waals surface area contributed by atoms with Crippen molar-refractivity contribution in [2.24, 2.45) is 0 Å². The molecule has 0 aliphatic heterocycles. The van der Waals surface area contributed by atoms with Gasteiger partial charge in [-0.1, -0.05) is 0 Å². The molecule has 1 aromatic carbocycles. The van der Waals surface area contributed by atoms with E-state index in [1.807, 2.05) is 0 Å². The summed E-state index contributed by atoms with van der Waals surface area (Å²) >= 11 is 1.25. The molecule has 0 fully saturated rings. The second-order valence-electron chi connectivity index (χ2n) is 3.25. The summed E-state index contributed by atoms with van der Waals surface area (Å²) in [5.41, 5.74) is 1.20. The highest BCUT2D eigenvalue weighted by molar-refractivity contribution is 7.07. The molecule has 8 heteroatoms. The number of nitro groups is 1. The Morgan fingerprint density at radius 2 is 2.28 bits per heavy atom. The van der Waals surface area contributed by atoms with Crippen molar-refractivity contribution in [2.75, 3.05) is 5.32 Å². The Bertz CT molecular complexity index is 600. The summed E-state index contributed by atoms with van der Waals surface area (Å²) in [6, 6.07) is 3.14. The lowest BCUT2D eigenvalue weighted by atomic mass is 10.2. The second-order valence-corrected chi connectivity index (χ2v) is 3.97. The minimum absolute atomic E-state index is 0.135. The van der Waals surface area contributed by atoms with E-state index in [4.69, 9.17) is 0 Å². The highest BCUT2D eigenvalue weighted by atomic mass is 32.1. The molecular formula is C10H6FN3O3S. The van der Waals surface area contributed by atoms with Crippen molar-refractivity contribution in [3.05, 3.63) is 50.7 Å². The molecule has 0 unspecified atom stereocenters. The van der Waals surface area contributed by atoms with Crippen molar-refractivity contribution in [3.63, 3.8) is 0 Å². The van der Waals surface area contributed by atoms with Gasteiger partial charge in [0, 0.05) is 23.2 Å². The number of nitro benzene ring substituents is 1. The van der Waals surface area contributed by atoms with E-state index in [1.165, 1.54) is 28.3 Å². The topological polar surface area (TPSA) is 85.1 Å². The van der Waals surface area contributed by atoms with Crippen LogP contribution in [0.5, 0.6) is 0 Å². The molecule has 0 aliphatic carbocycles. The zero-order valence-corrected chi connectivity index (χ0v) is 9.61. The first-order valence-electron chi connectivity index (χ1n) is 4.71. The summed E-state index contributed by atoms with van der Waals surface area (Å²) in [7, 11) is 0. The largest absolute Gasteiger partial charge is 0.321 e. The van der Waals surface area contributed by atoms with Gasteiger partial charge in [0.2, 0.25) is 5.82 Å². The van der Waals surface area contributed by atoms with Crippen molar-refractivity contribution in [2.45, 2.75) is 0 Å². The smallest absolute Gasteiger partial charge is 0.304 e. The van der Waals surface area contributed by atoms with E-state index in [-0.39, 0.29) is 11.4 Å². The minimum Gasteiger partial charge on any atom is -0.321 e. The number of anilines is 1. The number of hydrogen-bond donors (Lipinski definition) is 1. The zero-order valence-electron chi connectivity index (χ0n) is 8.79. The number of rotatable bonds is 3. The van der Waals surface area contributed by atoms with E-state index in [2.05, 4.69) is 10.3 Å². The molecule has 1 amide bonds. The number of carbonyl (C=O) groups excluding carboxylic acids is 1. The van der Waals surface area contributed by atoms with Crippen LogP contribution in [0.2, 0.25) is 0 Å². The van der Waals surface area contributed by atoms with Crippen molar-refractivity contribution in [1.82, 2.24) is 4.98 Å². The van der Waals surface area contributed by atoms with Crippen molar-refractivity contribution >= 4 is 28.6 Å². The quantitative estimate of drug-likeness (QED) is 0.683. The molecule has 1 N–H and O–H groups in total. The van der Waals surface area contributed by atoms with Gasteiger partial charge in [0.15, 0.2) is 0 Å². The maximum absolute atomic E-state index is 13.3. The van der Waals surface area contributed by atoms with Crippen LogP contribution in [0.3, 0.4) is 0 Å². The van der Waals surface area contributed by atoms with Gasteiger partial charge in [-0.3, -0.25) is 14.9 Å². The van der Waals surface area contributed by atoms with Gasteiger partial charge in [-0.25, -0.2) is 4.98 Å². The molecule has 0 radical (unpaired) electrons. The van der Waals surface area contributed by atoms with Crippen LogP contribution in [0, 0.1) is 15.9 Å². The molecule has 18 heavy (non-hydrogen) atoms. The predicted octanol–water partition coefficient (Wildman–Crippen LogP) is 2.44. The third kappa shape index (κ3) is 2.48. The highest BCUT2D eigenvalue weighted by Gasteiger charge is 2.15. The first-order valence-corrected chi connectivity index (χ1v) is 5.65. The van der Waals surface area contributed by atoms with Gasteiger partial charge in [-0.05, 0) is 6.07 Å². The van der Waals surface area contributed by atoms with Crippen LogP contribution in [-0.2, 0) is 0 Å². The van der Waals surface area contributed by atoms with Crippen LogP contribution >= 0.6 is 11.3 Å². The molecule has 1 heterocycles. The number of nitrogens with zero attached hydrogens (tertiary/aromatic N) is 2. The summed E-state index contributed by atoms with van der Waals surface area (Å²) in [5.74, 6) is -1.50.